The van der Waals surface area contributed by atoms with Crippen molar-refractivity contribution in [1.82, 2.24) is 4.98 Å². The molecule has 23 heavy (non-hydrogen) atoms. The smallest absolute Gasteiger partial charge is 0.337 e. The van der Waals surface area contributed by atoms with Crippen LogP contribution in [0.3, 0.4) is 0 Å². The lowest BCUT2D eigenvalue weighted by Gasteiger charge is -2.08. The average molecular weight is 318 g/mol. The van der Waals surface area contributed by atoms with Crippen molar-refractivity contribution in [3.8, 4) is 0 Å². The summed E-state index contributed by atoms with van der Waals surface area (Å²) in [5.41, 5.74) is 0.494. The number of nitrogens with one attached hydrogen (secondary N) is 1. The van der Waals surface area contributed by atoms with Crippen molar-refractivity contribution in [1.29, 1.82) is 0 Å². The van der Waals surface area contributed by atoms with Crippen LogP contribution in [-0.2, 0) is 9.47 Å². The van der Waals surface area contributed by atoms with Crippen LogP contribution in [0.15, 0.2) is 28.9 Å². The van der Waals surface area contributed by atoms with Gasteiger partial charge in [0.2, 0.25) is 0 Å². The summed E-state index contributed by atoms with van der Waals surface area (Å²) < 4.78 is 14.2. The second kappa shape index (κ2) is 6.73. The van der Waals surface area contributed by atoms with Crippen LogP contribution >= 0.6 is 0 Å². The van der Waals surface area contributed by atoms with Crippen LogP contribution in [-0.4, -0.2) is 37.0 Å². The number of benzene rings is 1. The SMILES string of the molecule is COC(=O)c1cc(NC(=O)c2coc(C)n2)cc(C(=O)OC)c1. The van der Waals surface area contributed by atoms with Crippen LogP contribution in [0.4, 0.5) is 5.69 Å². The Labute approximate surface area is 131 Å². The Hall–Kier alpha value is -3.16. The monoisotopic (exact) mass is 318 g/mol. The zero-order valence-corrected chi connectivity index (χ0v) is 12.7. The first-order valence-corrected chi connectivity index (χ1v) is 6.49. The maximum absolute atomic E-state index is 12.1. The summed E-state index contributed by atoms with van der Waals surface area (Å²) in [6.45, 7) is 1.60. The number of rotatable bonds is 4. The number of anilines is 1. The number of carbonyl (C=O) groups excluding carboxylic acids is 3. The van der Waals surface area contributed by atoms with Crippen molar-refractivity contribution in [2.45, 2.75) is 6.92 Å². The standard InChI is InChI=1S/C15H14N2O6/c1-8-16-12(7-23-8)13(18)17-11-5-9(14(19)21-2)4-10(6-11)15(20)22-3/h4-7H,1-3H3,(H,17,18). The van der Waals surface area contributed by atoms with Gasteiger partial charge >= 0.3 is 11.9 Å². The molecule has 0 spiro atoms. The average Bonchev–Trinajstić information content (AvgIpc) is 2.99. The number of aromatic nitrogens is 1. The summed E-state index contributed by atoms with van der Waals surface area (Å²) in [4.78, 5) is 39.3. The molecular weight excluding hydrogens is 304 g/mol. The Morgan fingerprint density at radius 1 is 1.04 bits per heavy atom. The number of aryl methyl sites for hydroxylation is 1. The molecular formula is C15H14N2O6. The maximum Gasteiger partial charge on any atom is 0.337 e. The molecule has 0 unspecified atom stereocenters. The zero-order valence-electron chi connectivity index (χ0n) is 12.7. The summed E-state index contributed by atoms with van der Waals surface area (Å²) in [6, 6.07) is 4.07. The molecule has 2 aromatic rings. The minimum absolute atomic E-state index is 0.0746. The predicted octanol–water partition coefficient (Wildman–Crippen LogP) is 1.81. The van der Waals surface area contributed by atoms with Crippen molar-refractivity contribution >= 4 is 23.5 Å². The molecule has 8 heteroatoms. The highest BCUT2D eigenvalue weighted by atomic mass is 16.5. The van der Waals surface area contributed by atoms with E-state index in [1.165, 1.54) is 38.7 Å². The molecule has 1 N–H and O–H groups in total. The molecule has 0 radical (unpaired) electrons. The first-order valence-electron chi connectivity index (χ1n) is 6.49. The predicted molar refractivity (Wildman–Crippen MR) is 78.3 cm³/mol. The van der Waals surface area contributed by atoms with Crippen molar-refractivity contribution in [2.24, 2.45) is 0 Å². The number of oxazole rings is 1. The minimum Gasteiger partial charge on any atom is -0.465 e. The molecule has 0 aliphatic carbocycles. The van der Waals surface area contributed by atoms with Crippen molar-refractivity contribution in [3.05, 3.63) is 47.2 Å². The molecule has 0 saturated carbocycles. The third-order valence-corrected chi connectivity index (χ3v) is 2.88. The van der Waals surface area contributed by atoms with E-state index in [2.05, 4.69) is 19.8 Å². The van der Waals surface area contributed by atoms with E-state index in [4.69, 9.17) is 4.42 Å². The Bertz CT molecular complexity index is 731. The van der Waals surface area contributed by atoms with E-state index in [0.29, 0.717) is 5.89 Å². The summed E-state index contributed by atoms with van der Waals surface area (Å²) >= 11 is 0. The van der Waals surface area contributed by atoms with Gasteiger partial charge in [-0.1, -0.05) is 0 Å². The van der Waals surface area contributed by atoms with Gasteiger partial charge in [-0.25, -0.2) is 14.6 Å². The summed E-state index contributed by atoms with van der Waals surface area (Å²) in [7, 11) is 2.42. The number of ether oxygens (including phenoxy) is 2. The fourth-order valence-corrected chi connectivity index (χ4v) is 1.83. The van der Waals surface area contributed by atoms with E-state index in [0.717, 1.165) is 0 Å². The van der Waals surface area contributed by atoms with Crippen molar-refractivity contribution in [2.75, 3.05) is 19.5 Å². The summed E-state index contributed by atoms with van der Waals surface area (Å²) in [6.07, 6.45) is 1.20. The van der Waals surface area contributed by atoms with Gasteiger partial charge in [0.25, 0.3) is 5.91 Å². The Balaban J connectivity index is 2.34. The lowest BCUT2D eigenvalue weighted by molar-refractivity contribution is 0.0599. The molecule has 1 amide bonds. The molecule has 120 valence electrons. The first kappa shape index (κ1) is 16.2. The van der Waals surface area contributed by atoms with Gasteiger partial charge < -0.3 is 19.2 Å². The number of nitrogens with zero attached hydrogens (tertiary/aromatic N) is 1. The van der Waals surface area contributed by atoms with E-state index < -0.39 is 17.8 Å². The number of amides is 1. The van der Waals surface area contributed by atoms with E-state index in [9.17, 15) is 14.4 Å². The molecule has 8 nitrogen and oxygen atoms in total. The summed E-state index contributed by atoms with van der Waals surface area (Å²) in [5.74, 6) is -1.50. The topological polar surface area (TPSA) is 108 Å². The molecule has 1 aromatic carbocycles. The first-order chi connectivity index (χ1) is 10.9. The van der Waals surface area contributed by atoms with Gasteiger partial charge in [0.1, 0.15) is 6.26 Å². The highest BCUT2D eigenvalue weighted by Crippen LogP contribution is 2.18. The minimum atomic E-state index is -0.650. The zero-order chi connectivity index (χ0) is 17.0. The van der Waals surface area contributed by atoms with E-state index in [-0.39, 0.29) is 22.5 Å². The molecule has 0 aliphatic rings. The van der Waals surface area contributed by atoms with Crippen molar-refractivity contribution < 1.29 is 28.3 Å². The molecule has 0 bridgehead atoms. The Morgan fingerprint density at radius 3 is 2.04 bits per heavy atom. The normalized spacial score (nSPS) is 10.0. The second-order valence-electron chi connectivity index (χ2n) is 4.49. The second-order valence-corrected chi connectivity index (χ2v) is 4.49. The van der Waals surface area contributed by atoms with Crippen LogP contribution in [0, 0.1) is 6.92 Å². The Kier molecular flexibility index (Phi) is 4.75. The molecule has 0 fully saturated rings. The molecule has 0 aliphatic heterocycles. The number of hydrogen-bond acceptors (Lipinski definition) is 7. The number of hydrogen-bond donors (Lipinski definition) is 1. The third kappa shape index (κ3) is 3.73. The van der Waals surface area contributed by atoms with Crippen LogP contribution in [0.2, 0.25) is 0 Å². The van der Waals surface area contributed by atoms with Crippen LogP contribution < -0.4 is 5.32 Å². The lowest BCUT2D eigenvalue weighted by atomic mass is 10.1. The van der Waals surface area contributed by atoms with Crippen LogP contribution in [0.25, 0.3) is 0 Å². The summed E-state index contributed by atoms with van der Waals surface area (Å²) in [5, 5.41) is 2.53. The highest BCUT2D eigenvalue weighted by molar-refractivity contribution is 6.04. The number of esters is 2. The number of methoxy groups -OCH3 is 2. The maximum atomic E-state index is 12.1. The molecule has 0 saturated heterocycles. The highest BCUT2D eigenvalue weighted by Gasteiger charge is 2.16. The fraction of sp³-hybridized carbons (Fsp3) is 0.200. The molecule has 2 rings (SSSR count). The third-order valence-electron chi connectivity index (χ3n) is 2.88. The largest absolute Gasteiger partial charge is 0.465 e. The fourth-order valence-electron chi connectivity index (χ4n) is 1.83. The van der Waals surface area contributed by atoms with Gasteiger partial charge in [-0.3, -0.25) is 4.79 Å². The van der Waals surface area contributed by atoms with Crippen LogP contribution in [0.1, 0.15) is 37.1 Å². The molecule has 1 aromatic heterocycles. The van der Waals surface area contributed by atoms with Gasteiger partial charge in [0.15, 0.2) is 11.6 Å². The van der Waals surface area contributed by atoms with Crippen LogP contribution in [0.5, 0.6) is 0 Å². The lowest BCUT2D eigenvalue weighted by Crippen LogP contribution is -2.14. The number of carbonyl (C=O) groups is 3. The Morgan fingerprint density at radius 2 is 1.61 bits per heavy atom. The van der Waals surface area contributed by atoms with E-state index >= 15 is 0 Å². The van der Waals surface area contributed by atoms with Gasteiger partial charge in [-0.15, -0.1) is 0 Å². The van der Waals surface area contributed by atoms with E-state index in [1.54, 1.807) is 6.92 Å². The van der Waals surface area contributed by atoms with Gasteiger partial charge in [0, 0.05) is 12.6 Å². The van der Waals surface area contributed by atoms with Gasteiger partial charge in [-0.2, -0.15) is 0 Å². The van der Waals surface area contributed by atoms with Crippen molar-refractivity contribution in [3.63, 3.8) is 0 Å². The molecule has 0 atom stereocenters. The van der Waals surface area contributed by atoms with Gasteiger partial charge in [-0.05, 0) is 18.2 Å². The quantitative estimate of drug-likeness (QED) is 0.856. The van der Waals surface area contributed by atoms with Gasteiger partial charge in [0.05, 0.1) is 25.3 Å². The van der Waals surface area contributed by atoms with E-state index in [1.807, 2.05) is 0 Å². The molecule has 1 heterocycles.